The summed E-state index contributed by atoms with van der Waals surface area (Å²) in [6, 6.07) is 0.0259. The van der Waals surface area contributed by atoms with Crippen LogP contribution in [0.4, 0.5) is 8.78 Å². The SMILES string of the molecule is BCC(C)NCC(O)(F)F. The third-order valence-electron chi connectivity index (χ3n) is 1.28. The van der Waals surface area contributed by atoms with E-state index in [2.05, 4.69) is 5.32 Å². The Labute approximate surface area is 60.0 Å². The van der Waals surface area contributed by atoms with E-state index >= 15 is 0 Å². The number of hydrogen-bond donors (Lipinski definition) is 2. The van der Waals surface area contributed by atoms with Gasteiger partial charge in [-0.05, 0) is 6.04 Å². The minimum absolute atomic E-state index is 0.0259. The van der Waals surface area contributed by atoms with E-state index in [-0.39, 0.29) is 6.04 Å². The van der Waals surface area contributed by atoms with Gasteiger partial charge < -0.3 is 10.4 Å². The van der Waals surface area contributed by atoms with Crippen LogP contribution in [-0.4, -0.2) is 31.6 Å². The van der Waals surface area contributed by atoms with E-state index in [1.165, 1.54) is 0 Å². The van der Waals surface area contributed by atoms with Crippen LogP contribution < -0.4 is 5.32 Å². The maximum atomic E-state index is 11.7. The van der Waals surface area contributed by atoms with Crippen molar-refractivity contribution in [2.45, 2.75) is 25.4 Å². The van der Waals surface area contributed by atoms with Gasteiger partial charge >= 0.3 is 6.11 Å². The average molecular weight is 151 g/mol. The minimum Gasteiger partial charge on any atom is -0.335 e. The smallest absolute Gasteiger partial charge is 0.335 e. The Morgan fingerprint density at radius 1 is 1.70 bits per heavy atom. The van der Waals surface area contributed by atoms with Gasteiger partial charge in [0.2, 0.25) is 0 Å². The van der Waals surface area contributed by atoms with E-state index in [4.69, 9.17) is 5.11 Å². The van der Waals surface area contributed by atoms with Crippen molar-refractivity contribution in [2.24, 2.45) is 0 Å². The molecule has 0 aromatic carbocycles. The van der Waals surface area contributed by atoms with Crippen LogP contribution in [0.2, 0.25) is 6.32 Å². The number of alkyl halides is 2. The van der Waals surface area contributed by atoms with Crippen LogP contribution in [0, 0.1) is 0 Å². The largest absolute Gasteiger partial charge is 0.365 e. The first-order chi connectivity index (χ1) is 4.45. The molecule has 0 saturated heterocycles. The van der Waals surface area contributed by atoms with Gasteiger partial charge in [-0.3, -0.25) is 0 Å². The molecule has 0 rings (SSSR count). The summed E-state index contributed by atoms with van der Waals surface area (Å²) < 4.78 is 23.4. The molecule has 1 unspecified atom stereocenters. The van der Waals surface area contributed by atoms with E-state index in [0.717, 1.165) is 6.32 Å². The van der Waals surface area contributed by atoms with Gasteiger partial charge in [-0.2, -0.15) is 8.78 Å². The van der Waals surface area contributed by atoms with Gasteiger partial charge in [-0.25, -0.2) is 0 Å². The van der Waals surface area contributed by atoms with Gasteiger partial charge in [0.15, 0.2) is 0 Å². The highest BCUT2D eigenvalue weighted by atomic mass is 19.3. The van der Waals surface area contributed by atoms with Crippen LogP contribution in [0.1, 0.15) is 6.92 Å². The van der Waals surface area contributed by atoms with Crippen molar-refractivity contribution in [3.05, 3.63) is 0 Å². The van der Waals surface area contributed by atoms with Crippen LogP contribution in [-0.2, 0) is 0 Å². The average Bonchev–Trinajstić information content (AvgIpc) is 1.81. The Hall–Kier alpha value is -0.155. The molecule has 2 nitrogen and oxygen atoms in total. The third-order valence-corrected chi connectivity index (χ3v) is 1.28. The number of aliphatic hydroxyl groups is 1. The number of halogens is 2. The Morgan fingerprint density at radius 2 is 2.20 bits per heavy atom. The summed E-state index contributed by atoms with van der Waals surface area (Å²) >= 11 is 0. The molecule has 0 heterocycles. The van der Waals surface area contributed by atoms with Crippen molar-refractivity contribution in [3.8, 4) is 0 Å². The molecule has 0 bridgehead atoms. The molecule has 2 N–H and O–H groups in total. The van der Waals surface area contributed by atoms with Crippen molar-refractivity contribution in [2.75, 3.05) is 6.54 Å². The molecule has 0 aromatic rings. The summed E-state index contributed by atoms with van der Waals surface area (Å²) in [7, 11) is 1.88. The second kappa shape index (κ2) is 3.88. The van der Waals surface area contributed by atoms with E-state index in [9.17, 15) is 8.78 Å². The lowest BCUT2D eigenvalue weighted by molar-refractivity contribution is -0.194. The second-order valence-corrected chi connectivity index (χ2v) is 2.36. The Kier molecular flexibility index (Phi) is 3.82. The summed E-state index contributed by atoms with van der Waals surface area (Å²) in [5, 5.41) is 10.4. The third kappa shape index (κ3) is 5.97. The monoisotopic (exact) mass is 151 g/mol. The molecule has 1 atom stereocenters. The number of rotatable bonds is 4. The quantitative estimate of drug-likeness (QED) is 0.536. The molecular formula is C5H12BF2NO. The lowest BCUT2D eigenvalue weighted by Crippen LogP contribution is -2.37. The molecular weight excluding hydrogens is 139 g/mol. The Bertz CT molecular complexity index is 96.1. The molecule has 0 radical (unpaired) electrons. The zero-order chi connectivity index (χ0) is 8.20. The lowest BCUT2D eigenvalue weighted by Gasteiger charge is -2.14. The molecule has 0 aliphatic carbocycles. The van der Waals surface area contributed by atoms with Crippen molar-refractivity contribution in [1.29, 1.82) is 0 Å². The van der Waals surface area contributed by atoms with Crippen molar-refractivity contribution in [3.63, 3.8) is 0 Å². The highest BCUT2D eigenvalue weighted by Gasteiger charge is 2.23. The molecule has 10 heavy (non-hydrogen) atoms. The van der Waals surface area contributed by atoms with Crippen molar-refractivity contribution < 1.29 is 13.9 Å². The van der Waals surface area contributed by atoms with Gasteiger partial charge in [0, 0.05) is 0 Å². The van der Waals surface area contributed by atoms with Crippen molar-refractivity contribution >= 4 is 7.85 Å². The number of hydrogen-bond acceptors (Lipinski definition) is 2. The van der Waals surface area contributed by atoms with Gasteiger partial charge in [0.25, 0.3) is 0 Å². The number of nitrogens with one attached hydrogen (secondary N) is 1. The first-order valence-corrected chi connectivity index (χ1v) is 3.29. The molecule has 0 aromatic heterocycles. The fourth-order valence-corrected chi connectivity index (χ4v) is 0.441. The van der Waals surface area contributed by atoms with E-state index < -0.39 is 12.7 Å². The van der Waals surface area contributed by atoms with Crippen LogP contribution in [0.5, 0.6) is 0 Å². The van der Waals surface area contributed by atoms with Gasteiger partial charge in [-0.1, -0.05) is 13.2 Å². The van der Waals surface area contributed by atoms with Gasteiger partial charge in [0.1, 0.15) is 7.85 Å². The van der Waals surface area contributed by atoms with E-state index in [1.54, 1.807) is 6.92 Å². The summed E-state index contributed by atoms with van der Waals surface area (Å²) in [5.74, 6) is 0. The van der Waals surface area contributed by atoms with Crippen LogP contribution in [0.25, 0.3) is 0 Å². The maximum Gasteiger partial charge on any atom is 0.365 e. The molecule has 0 spiro atoms. The summed E-state index contributed by atoms with van der Waals surface area (Å²) in [6.07, 6.45) is -2.81. The summed E-state index contributed by atoms with van der Waals surface area (Å²) in [4.78, 5) is 0. The second-order valence-electron chi connectivity index (χ2n) is 2.36. The summed E-state index contributed by atoms with van der Waals surface area (Å²) in [5.41, 5.74) is 0. The molecule has 0 saturated carbocycles. The Morgan fingerprint density at radius 3 is 2.50 bits per heavy atom. The lowest BCUT2D eigenvalue weighted by atomic mass is 9.99. The first-order valence-electron chi connectivity index (χ1n) is 3.29. The normalized spacial score (nSPS) is 15.2. The highest BCUT2D eigenvalue weighted by Crippen LogP contribution is 2.05. The van der Waals surface area contributed by atoms with E-state index in [1.807, 2.05) is 7.85 Å². The van der Waals surface area contributed by atoms with E-state index in [0.29, 0.717) is 0 Å². The predicted molar refractivity (Wildman–Crippen MR) is 38.0 cm³/mol. The fourth-order valence-electron chi connectivity index (χ4n) is 0.441. The van der Waals surface area contributed by atoms with Gasteiger partial charge in [0.05, 0.1) is 6.54 Å². The van der Waals surface area contributed by atoms with Gasteiger partial charge in [-0.15, -0.1) is 0 Å². The molecule has 60 valence electrons. The van der Waals surface area contributed by atoms with Crippen LogP contribution >= 0.6 is 0 Å². The molecule has 0 aliphatic rings. The van der Waals surface area contributed by atoms with Crippen molar-refractivity contribution in [1.82, 2.24) is 5.32 Å². The maximum absolute atomic E-state index is 11.7. The van der Waals surface area contributed by atoms with Crippen LogP contribution in [0.15, 0.2) is 0 Å². The first kappa shape index (κ1) is 9.84. The zero-order valence-electron chi connectivity index (χ0n) is 6.19. The predicted octanol–water partition coefficient (Wildman–Crippen LogP) is -0.399. The minimum atomic E-state index is -3.58. The molecule has 0 amide bonds. The fraction of sp³-hybridized carbons (Fsp3) is 1.00. The zero-order valence-corrected chi connectivity index (χ0v) is 6.19. The summed E-state index contributed by atoms with van der Waals surface area (Å²) in [6.45, 7) is 1.12. The topological polar surface area (TPSA) is 32.3 Å². The molecule has 0 aliphatic heterocycles. The molecule has 5 heteroatoms. The Balaban J connectivity index is 3.36. The van der Waals surface area contributed by atoms with Crippen LogP contribution in [0.3, 0.4) is 0 Å². The standard InChI is InChI=1S/C5H12BF2NO/c1-4(2-6)9-3-5(7,8)10/h4,9-10H,2-3,6H2,1H3. The molecule has 0 fully saturated rings. The highest BCUT2D eigenvalue weighted by molar-refractivity contribution is 6.08.